The summed E-state index contributed by atoms with van der Waals surface area (Å²) in [5.74, 6) is -7.00. The third kappa shape index (κ3) is 18.3. The Bertz CT molecular complexity index is 2720. The maximum absolute atomic E-state index is 13.3. The lowest BCUT2D eigenvalue weighted by molar-refractivity contribution is -0.402. The normalized spacial score (nSPS) is 44.0. The molecule has 98 heavy (non-hydrogen) atoms. The first-order valence-electron chi connectivity index (χ1n) is 31.5. The fraction of sp³-hybridized carbons (Fsp3) is 0.828. The first-order valence-corrected chi connectivity index (χ1v) is 31.5. The van der Waals surface area contributed by atoms with E-state index in [0.717, 1.165) is 7.11 Å². The van der Waals surface area contributed by atoms with Gasteiger partial charge in [-0.05, 0) is 25.0 Å². The number of esters is 2. The molecule has 0 amide bonds. The second-order valence-corrected chi connectivity index (χ2v) is 24.8. The van der Waals surface area contributed by atoms with E-state index in [0.29, 0.717) is 0 Å². The van der Waals surface area contributed by atoms with Crippen LogP contribution < -0.4 is 4.74 Å². The number of ether oxygens (including phenoxy) is 18. The van der Waals surface area contributed by atoms with Crippen LogP contribution in [0.25, 0.3) is 0 Å². The molecule has 40 nitrogen and oxygen atoms in total. The summed E-state index contributed by atoms with van der Waals surface area (Å²) in [6.07, 6.45) is -62.5. The molecule has 34 unspecified atom stereocenters. The largest absolute Gasteiger partial charge is 0.481 e. The van der Waals surface area contributed by atoms with Crippen LogP contribution in [0, 0.1) is 11.8 Å². The third-order valence-corrected chi connectivity index (χ3v) is 17.7. The predicted octanol–water partition coefficient (Wildman–Crippen LogP) is -9.93. The van der Waals surface area contributed by atoms with E-state index in [1.54, 1.807) is 0 Å². The van der Waals surface area contributed by atoms with Crippen LogP contribution in [-0.2, 0) is 94.9 Å². The van der Waals surface area contributed by atoms with Crippen molar-refractivity contribution in [1.29, 1.82) is 0 Å². The van der Waals surface area contributed by atoms with Crippen molar-refractivity contribution in [3.63, 3.8) is 0 Å². The summed E-state index contributed by atoms with van der Waals surface area (Å²) in [7, 11) is 1.12. The smallest absolute Gasteiger partial charge is 0.341 e. The molecule has 18 N–H and O–H groups in total. The Morgan fingerprint density at radius 3 is 0.969 bits per heavy atom. The molecule has 558 valence electrons. The number of aliphatic hydroxyl groups is 16. The van der Waals surface area contributed by atoms with Gasteiger partial charge in [0.05, 0.1) is 78.2 Å². The van der Waals surface area contributed by atoms with Crippen molar-refractivity contribution in [1.82, 2.24) is 0 Å². The molecule has 8 aliphatic heterocycles. The molecule has 40 heteroatoms. The first kappa shape index (κ1) is 77.8. The molecule has 8 fully saturated rings. The van der Waals surface area contributed by atoms with E-state index in [4.69, 9.17) is 85.3 Å². The van der Waals surface area contributed by atoms with Gasteiger partial charge < -0.3 is 177 Å². The Hall–Kier alpha value is -4.34. The number of hydrogen-bond donors (Lipinski definition) is 18. The van der Waals surface area contributed by atoms with Crippen molar-refractivity contribution < 1.29 is 196 Å². The fourth-order valence-electron chi connectivity index (χ4n) is 11.8. The summed E-state index contributed by atoms with van der Waals surface area (Å²) >= 11 is 0. The average Bonchev–Trinajstić information content (AvgIpc) is 0.788. The lowest BCUT2D eigenvalue weighted by atomic mass is 9.95. The van der Waals surface area contributed by atoms with E-state index in [1.165, 1.54) is 31.2 Å². The van der Waals surface area contributed by atoms with Crippen LogP contribution in [0.15, 0.2) is 24.3 Å². The maximum Gasteiger partial charge on any atom is 0.341 e. The predicted molar refractivity (Wildman–Crippen MR) is 303 cm³/mol. The second-order valence-electron chi connectivity index (χ2n) is 24.8. The van der Waals surface area contributed by atoms with Gasteiger partial charge in [-0.1, -0.05) is 25.5 Å². The van der Waals surface area contributed by atoms with Gasteiger partial charge in [0.15, 0.2) is 56.2 Å². The first-order chi connectivity index (χ1) is 46.6. The number of benzene rings is 1. The molecule has 1 aromatic rings. The molecule has 9 rings (SSSR count). The van der Waals surface area contributed by atoms with Gasteiger partial charge in [-0.3, -0.25) is 14.4 Å². The fourth-order valence-corrected chi connectivity index (χ4v) is 11.8. The molecule has 0 aliphatic carbocycles. The van der Waals surface area contributed by atoms with Crippen molar-refractivity contribution in [2.75, 3.05) is 60.0 Å². The van der Waals surface area contributed by atoms with Crippen molar-refractivity contribution in [2.45, 2.75) is 229 Å². The van der Waals surface area contributed by atoms with Gasteiger partial charge >= 0.3 is 23.9 Å². The zero-order chi connectivity index (χ0) is 71.1. The molecule has 8 aliphatic rings. The molecular weight excluding hydrogens is 1340 g/mol. The van der Waals surface area contributed by atoms with Crippen LogP contribution in [0.5, 0.6) is 5.75 Å². The molecule has 1 aromatic carbocycles. The standard InChI is InChI=1S/C58H86O40/c1-19(48(76)77)6-5-7-20(49(78)79)10-31(67)91-40-32(68)22(59)12-83-52(40)93-42-34(70)24(61)14-85-54(42)95-44-36(72)26(63)16-87-56(44)97-46-38(74)28(65)18-89-58(46)98-47-39(75)29(66)17-88-57(47)96-45-37(73)27(64)15-86-55(45)94-43-35(71)25(62)13-84-53(43)92-41-33(69)23(60)11-82-51(41)90-30-9-4-3-8-21(30)50(80)81-2/h3-4,8-9,19-20,22-29,32-47,51-66,68-75H,5-7,10-18H2,1-2H3,(H,76,77)(H,78,79). The highest BCUT2D eigenvalue weighted by atomic mass is 16.8. The van der Waals surface area contributed by atoms with E-state index in [1.807, 2.05) is 0 Å². The number of rotatable bonds is 26. The Morgan fingerprint density at radius 2 is 0.673 bits per heavy atom. The minimum absolute atomic E-state index is 0.0699. The van der Waals surface area contributed by atoms with Crippen molar-refractivity contribution in [3.8, 4) is 5.75 Å². The molecule has 34 atom stereocenters. The van der Waals surface area contributed by atoms with Gasteiger partial charge in [0.2, 0.25) is 6.29 Å². The zero-order valence-corrected chi connectivity index (χ0v) is 52.5. The van der Waals surface area contributed by atoms with Crippen LogP contribution >= 0.6 is 0 Å². The Balaban J connectivity index is 0.910. The number of carboxylic acid groups (broad SMARTS) is 2. The maximum atomic E-state index is 13.3. The number of carbonyl (C=O) groups excluding carboxylic acids is 2. The number of para-hydroxylation sites is 1. The second kappa shape index (κ2) is 34.8. The van der Waals surface area contributed by atoms with E-state index < -0.39 is 292 Å². The van der Waals surface area contributed by atoms with Crippen molar-refractivity contribution in [2.24, 2.45) is 11.8 Å². The number of carboxylic acids is 2. The topological polar surface area (TPSA) is 599 Å². The summed E-state index contributed by atoms with van der Waals surface area (Å²) in [5.41, 5.74) is -0.0786. The minimum Gasteiger partial charge on any atom is -0.481 e. The lowest BCUT2D eigenvalue weighted by Crippen LogP contribution is -2.66. The summed E-state index contributed by atoms with van der Waals surface area (Å²) in [6.45, 7) is -4.12. The van der Waals surface area contributed by atoms with Crippen LogP contribution in [0.3, 0.4) is 0 Å². The summed E-state index contributed by atoms with van der Waals surface area (Å²) in [5, 5.41) is 197. The third-order valence-electron chi connectivity index (χ3n) is 17.7. The van der Waals surface area contributed by atoms with E-state index >= 15 is 0 Å². The summed E-state index contributed by atoms with van der Waals surface area (Å²) in [4.78, 5) is 49.4. The molecule has 0 saturated carbocycles. The monoisotopic (exact) mass is 1420 g/mol. The zero-order valence-electron chi connectivity index (χ0n) is 52.5. The van der Waals surface area contributed by atoms with Gasteiger partial charge in [0.1, 0.15) is 146 Å². The van der Waals surface area contributed by atoms with Crippen LogP contribution in [-0.4, -0.2) is 373 Å². The van der Waals surface area contributed by atoms with E-state index in [2.05, 4.69) is 0 Å². The Kier molecular flexibility index (Phi) is 27.6. The highest BCUT2D eigenvalue weighted by Gasteiger charge is 2.57. The molecule has 0 aromatic heterocycles. The van der Waals surface area contributed by atoms with E-state index in [-0.39, 0.29) is 30.6 Å². The summed E-state index contributed by atoms with van der Waals surface area (Å²) < 4.78 is 104. The quantitative estimate of drug-likeness (QED) is 0.0383. The van der Waals surface area contributed by atoms with Gasteiger partial charge in [-0.25, -0.2) is 4.79 Å². The van der Waals surface area contributed by atoms with Gasteiger partial charge in [0, 0.05) is 0 Å². The number of methoxy groups -OCH3 is 1. The van der Waals surface area contributed by atoms with E-state index in [9.17, 15) is 111 Å². The molecular formula is C58H86O40. The minimum atomic E-state index is -2.08. The van der Waals surface area contributed by atoms with Crippen molar-refractivity contribution >= 4 is 23.9 Å². The molecule has 8 saturated heterocycles. The van der Waals surface area contributed by atoms with Crippen LogP contribution in [0.1, 0.15) is 43.0 Å². The lowest BCUT2D eigenvalue weighted by Gasteiger charge is -2.48. The highest BCUT2D eigenvalue weighted by molar-refractivity contribution is 5.92. The number of hydrogen-bond acceptors (Lipinski definition) is 38. The van der Waals surface area contributed by atoms with Gasteiger partial charge in [-0.2, -0.15) is 0 Å². The SMILES string of the molecule is COC(=O)c1ccccc1OC1OCC(O)C(O)C1OC1OCC(O)C(O)C1OC1OCC(O)C(O)C1OC1OCC(O)C(O)C1OC1OCC(O)C(O)C1OC1OCC(O)C(O)C1OC1OCC(O)C(O)C1OC1OCC(O)C(O)C1OC(=O)CC(CCCC(C)C(=O)O)C(=O)O. The van der Waals surface area contributed by atoms with Gasteiger partial charge in [0.25, 0.3) is 0 Å². The summed E-state index contributed by atoms with van der Waals surface area (Å²) in [6, 6.07) is 5.74. The van der Waals surface area contributed by atoms with Gasteiger partial charge in [-0.15, -0.1) is 0 Å². The van der Waals surface area contributed by atoms with Crippen LogP contribution in [0.4, 0.5) is 0 Å². The van der Waals surface area contributed by atoms with Crippen LogP contribution in [0.2, 0.25) is 0 Å². The Morgan fingerprint density at radius 1 is 0.398 bits per heavy atom. The highest BCUT2D eigenvalue weighted by Crippen LogP contribution is 2.37. The molecule has 0 spiro atoms. The molecule has 8 heterocycles. The number of aliphatic carboxylic acids is 2. The molecule has 0 radical (unpaired) electrons. The number of carbonyl (C=O) groups is 4. The van der Waals surface area contributed by atoms with Crippen molar-refractivity contribution in [3.05, 3.63) is 29.8 Å². The Labute approximate surface area is 555 Å². The average molecular weight is 1420 g/mol. The molecule has 0 bridgehead atoms. The number of aliphatic hydroxyl groups excluding tert-OH is 16.